The lowest BCUT2D eigenvalue weighted by Crippen LogP contribution is -2.50. The van der Waals surface area contributed by atoms with Gasteiger partial charge in [0.15, 0.2) is 0 Å². The van der Waals surface area contributed by atoms with E-state index in [2.05, 4.69) is 4.90 Å². The minimum absolute atomic E-state index is 0.0276. The summed E-state index contributed by atoms with van der Waals surface area (Å²) in [6.07, 6.45) is 0.238. The number of rotatable bonds is 4. The molecule has 0 aliphatic carbocycles. The van der Waals surface area contributed by atoms with Gasteiger partial charge in [-0.1, -0.05) is 0 Å². The van der Waals surface area contributed by atoms with Crippen LogP contribution in [0.4, 0.5) is 0 Å². The number of nitrogens with zero attached hydrogens (tertiary/aromatic N) is 1. The van der Waals surface area contributed by atoms with Gasteiger partial charge < -0.3 is 15.6 Å². The quantitative estimate of drug-likeness (QED) is 0.609. The summed E-state index contributed by atoms with van der Waals surface area (Å²) in [4.78, 5) is 12.7. The van der Waals surface area contributed by atoms with Gasteiger partial charge in [0.2, 0.25) is 5.91 Å². The summed E-state index contributed by atoms with van der Waals surface area (Å²) >= 11 is 0. The van der Waals surface area contributed by atoms with E-state index in [-0.39, 0.29) is 24.7 Å². The predicted molar refractivity (Wildman–Crippen MR) is 51.7 cm³/mol. The molecule has 5 heteroatoms. The number of aliphatic hydroxyl groups is 1. The van der Waals surface area contributed by atoms with Crippen molar-refractivity contribution in [2.24, 2.45) is 5.73 Å². The SMILES string of the molecule is CC1COC(CO)CN1CCC(N)=O. The maximum atomic E-state index is 10.6. The monoisotopic (exact) mass is 202 g/mol. The van der Waals surface area contributed by atoms with Gasteiger partial charge >= 0.3 is 0 Å². The Balaban J connectivity index is 2.36. The number of carbonyl (C=O) groups excluding carboxylic acids is 1. The van der Waals surface area contributed by atoms with E-state index in [1.807, 2.05) is 6.92 Å². The van der Waals surface area contributed by atoms with Crippen molar-refractivity contribution in [3.05, 3.63) is 0 Å². The van der Waals surface area contributed by atoms with Crippen LogP contribution in [0.3, 0.4) is 0 Å². The number of hydrogen-bond donors (Lipinski definition) is 2. The van der Waals surface area contributed by atoms with E-state index in [4.69, 9.17) is 15.6 Å². The second kappa shape index (κ2) is 5.29. The third-order valence-electron chi connectivity index (χ3n) is 2.48. The number of primary amides is 1. The summed E-state index contributed by atoms with van der Waals surface area (Å²) in [7, 11) is 0. The van der Waals surface area contributed by atoms with Crippen molar-refractivity contribution >= 4 is 5.91 Å². The molecule has 0 aromatic rings. The average molecular weight is 202 g/mol. The van der Waals surface area contributed by atoms with Crippen molar-refractivity contribution in [2.75, 3.05) is 26.3 Å². The summed E-state index contributed by atoms with van der Waals surface area (Å²) in [5.74, 6) is -0.288. The molecule has 1 amide bonds. The molecule has 1 aliphatic heterocycles. The van der Waals surface area contributed by atoms with Crippen LogP contribution in [-0.2, 0) is 9.53 Å². The average Bonchev–Trinajstić information content (AvgIpc) is 2.16. The lowest BCUT2D eigenvalue weighted by atomic mass is 10.2. The number of hydrogen-bond acceptors (Lipinski definition) is 4. The molecule has 3 N–H and O–H groups in total. The summed E-state index contributed by atoms with van der Waals surface area (Å²) in [5.41, 5.74) is 5.08. The van der Waals surface area contributed by atoms with Gasteiger partial charge in [-0.3, -0.25) is 9.69 Å². The van der Waals surface area contributed by atoms with Gasteiger partial charge in [0.1, 0.15) is 0 Å². The van der Waals surface area contributed by atoms with Gasteiger partial charge in [-0.05, 0) is 6.92 Å². The molecular weight excluding hydrogens is 184 g/mol. The van der Waals surface area contributed by atoms with Crippen LogP contribution in [0.15, 0.2) is 0 Å². The van der Waals surface area contributed by atoms with E-state index in [9.17, 15) is 4.79 Å². The molecular formula is C9H18N2O3. The lowest BCUT2D eigenvalue weighted by Gasteiger charge is -2.37. The highest BCUT2D eigenvalue weighted by atomic mass is 16.5. The van der Waals surface area contributed by atoms with Crippen molar-refractivity contribution < 1.29 is 14.6 Å². The first-order valence-corrected chi connectivity index (χ1v) is 4.88. The standard InChI is InChI=1S/C9H18N2O3/c1-7-6-14-8(5-12)4-11(7)3-2-9(10)13/h7-8,12H,2-6H2,1H3,(H2,10,13). The number of amides is 1. The van der Waals surface area contributed by atoms with E-state index < -0.39 is 0 Å². The van der Waals surface area contributed by atoms with Crippen LogP contribution in [0.2, 0.25) is 0 Å². The van der Waals surface area contributed by atoms with Crippen LogP contribution < -0.4 is 5.73 Å². The molecule has 1 aliphatic rings. The number of ether oxygens (including phenoxy) is 1. The number of aliphatic hydroxyl groups excluding tert-OH is 1. The molecule has 2 atom stereocenters. The second-order valence-electron chi connectivity index (χ2n) is 3.70. The third kappa shape index (κ3) is 3.25. The summed E-state index contributed by atoms with van der Waals surface area (Å²) in [5, 5.41) is 8.93. The van der Waals surface area contributed by atoms with E-state index >= 15 is 0 Å². The number of nitrogens with two attached hydrogens (primary N) is 1. The fourth-order valence-corrected chi connectivity index (χ4v) is 1.55. The molecule has 14 heavy (non-hydrogen) atoms. The van der Waals surface area contributed by atoms with E-state index in [1.165, 1.54) is 0 Å². The summed E-state index contributed by atoms with van der Waals surface area (Å²) < 4.78 is 5.37. The van der Waals surface area contributed by atoms with Gasteiger partial charge in [-0.2, -0.15) is 0 Å². The van der Waals surface area contributed by atoms with Crippen LogP contribution in [-0.4, -0.2) is 54.4 Å². The van der Waals surface area contributed by atoms with Crippen LogP contribution >= 0.6 is 0 Å². The molecule has 0 aromatic carbocycles. The zero-order valence-electron chi connectivity index (χ0n) is 8.48. The Kier molecular flexibility index (Phi) is 4.31. The third-order valence-corrected chi connectivity index (χ3v) is 2.48. The Morgan fingerprint density at radius 2 is 2.43 bits per heavy atom. The van der Waals surface area contributed by atoms with Gasteiger partial charge in [0, 0.05) is 25.6 Å². The smallest absolute Gasteiger partial charge is 0.218 e. The molecule has 1 fully saturated rings. The van der Waals surface area contributed by atoms with Gasteiger partial charge in [-0.15, -0.1) is 0 Å². The Hall–Kier alpha value is -0.650. The maximum absolute atomic E-state index is 10.6. The highest BCUT2D eigenvalue weighted by molar-refractivity contribution is 5.73. The Morgan fingerprint density at radius 1 is 1.71 bits per heavy atom. The zero-order chi connectivity index (χ0) is 10.6. The zero-order valence-corrected chi connectivity index (χ0v) is 8.48. The molecule has 1 rings (SSSR count). The van der Waals surface area contributed by atoms with E-state index in [0.717, 1.165) is 0 Å². The molecule has 0 bridgehead atoms. The molecule has 0 spiro atoms. The van der Waals surface area contributed by atoms with Crippen molar-refractivity contribution in [1.29, 1.82) is 0 Å². The minimum Gasteiger partial charge on any atom is -0.394 e. The van der Waals surface area contributed by atoms with E-state index in [1.54, 1.807) is 0 Å². The molecule has 2 unspecified atom stereocenters. The Bertz CT molecular complexity index is 198. The molecule has 1 heterocycles. The van der Waals surface area contributed by atoms with Crippen LogP contribution in [0.5, 0.6) is 0 Å². The topological polar surface area (TPSA) is 75.8 Å². The first-order chi connectivity index (χ1) is 6.63. The molecule has 5 nitrogen and oxygen atoms in total. The van der Waals surface area contributed by atoms with E-state index in [0.29, 0.717) is 26.1 Å². The van der Waals surface area contributed by atoms with Gasteiger partial charge in [0.05, 0.1) is 19.3 Å². The Labute approximate surface area is 83.8 Å². The summed E-state index contributed by atoms with van der Waals surface area (Å²) in [6, 6.07) is 0.289. The molecule has 82 valence electrons. The van der Waals surface area contributed by atoms with Crippen LogP contribution in [0.1, 0.15) is 13.3 Å². The van der Waals surface area contributed by atoms with Crippen LogP contribution in [0.25, 0.3) is 0 Å². The van der Waals surface area contributed by atoms with Crippen molar-refractivity contribution in [3.8, 4) is 0 Å². The first-order valence-electron chi connectivity index (χ1n) is 4.88. The lowest BCUT2D eigenvalue weighted by molar-refractivity contribution is -0.119. The molecule has 0 radical (unpaired) electrons. The highest BCUT2D eigenvalue weighted by Crippen LogP contribution is 2.11. The van der Waals surface area contributed by atoms with Crippen molar-refractivity contribution in [2.45, 2.75) is 25.5 Å². The number of carbonyl (C=O) groups is 1. The van der Waals surface area contributed by atoms with Gasteiger partial charge in [0.25, 0.3) is 0 Å². The molecule has 1 saturated heterocycles. The largest absolute Gasteiger partial charge is 0.394 e. The van der Waals surface area contributed by atoms with Crippen LogP contribution in [0, 0.1) is 0 Å². The normalized spacial score (nSPS) is 29.0. The fourth-order valence-electron chi connectivity index (χ4n) is 1.55. The number of morpholine rings is 1. The minimum atomic E-state index is -0.288. The molecule has 0 saturated carbocycles. The highest BCUT2D eigenvalue weighted by Gasteiger charge is 2.25. The second-order valence-corrected chi connectivity index (χ2v) is 3.70. The molecule has 0 aromatic heterocycles. The first kappa shape index (κ1) is 11.4. The fraction of sp³-hybridized carbons (Fsp3) is 0.889. The van der Waals surface area contributed by atoms with Crippen molar-refractivity contribution in [1.82, 2.24) is 4.90 Å². The van der Waals surface area contributed by atoms with Crippen molar-refractivity contribution in [3.63, 3.8) is 0 Å². The Morgan fingerprint density at radius 3 is 3.00 bits per heavy atom. The predicted octanol–water partition coefficient (Wildman–Crippen LogP) is -1.06. The van der Waals surface area contributed by atoms with Gasteiger partial charge in [-0.25, -0.2) is 0 Å². The maximum Gasteiger partial charge on any atom is 0.218 e. The summed E-state index contributed by atoms with van der Waals surface area (Å²) in [6.45, 7) is 3.99.